The second-order valence-corrected chi connectivity index (χ2v) is 3.92. The number of ether oxygens (including phenoxy) is 1. The molecule has 0 saturated heterocycles. The third kappa shape index (κ3) is 2.28. The average molecular weight is 236 g/mol. The molecule has 0 saturated carbocycles. The monoisotopic (exact) mass is 236 g/mol. The second kappa shape index (κ2) is 4.80. The Labute approximate surface area is 105 Å². The van der Waals surface area contributed by atoms with E-state index < -0.39 is 0 Å². The summed E-state index contributed by atoms with van der Waals surface area (Å²) in [6.45, 7) is 0. The van der Waals surface area contributed by atoms with Crippen LogP contribution in [0.2, 0.25) is 0 Å². The van der Waals surface area contributed by atoms with Crippen molar-refractivity contribution in [3.8, 4) is 22.8 Å². The lowest BCUT2D eigenvalue weighted by Crippen LogP contribution is -1.82. The van der Waals surface area contributed by atoms with Crippen LogP contribution < -0.4 is 4.74 Å². The molecule has 0 N–H and O–H groups in total. The van der Waals surface area contributed by atoms with Gasteiger partial charge in [0.1, 0.15) is 5.75 Å². The fourth-order valence-corrected chi connectivity index (χ4v) is 1.78. The molecule has 2 nitrogen and oxygen atoms in total. The highest BCUT2D eigenvalue weighted by Crippen LogP contribution is 2.25. The van der Waals surface area contributed by atoms with E-state index in [4.69, 9.17) is 9.15 Å². The highest BCUT2D eigenvalue weighted by molar-refractivity contribution is 5.63. The molecule has 0 aliphatic carbocycles. The van der Waals surface area contributed by atoms with Crippen LogP contribution in [0.5, 0.6) is 11.7 Å². The summed E-state index contributed by atoms with van der Waals surface area (Å²) in [6.07, 6.45) is 1.59. The Hall–Kier alpha value is -2.48. The summed E-state index contributed by atoms with van der Waals surface area (Å²) in [5.74, 6) is 1.27. The van der Waals surface area contributed by atoms with Gasteiger partial charge < -0.3 is 9.15 Å². The van der Waals surface area contributed by atoms with Crippen LogP contribution in [0.15, 0.2) is 77.4 Å². The molecule has 3 rings (SSSR count). The lowest BCUT2D eigenvalue weighted by molar-refractivity contribution is 0.347. The molecule has 2 aromatic carbocycles. The summed E-state index contributed by atoms with van der Waals surface area (Å²) in [5.41, 5.74) is 2.37. The van der Waals surface area contributed by atoms with Gasteiger partial charge >= 0.3 is 0 Å². The highest BCUT2D eigenvalue weighted by atomic mass is 16.6. The largest absolute Gasteiger partial charge is 0.434 e. The molecule has 0 atom stereocenters. The topological polar surface area (TPSA) is 22.4 Å². The predicted octanol–water partition coefficient (Wildman–Crippen LogP) is 4.74. The molecule has 1 aromatic heterocycles. The summed E-state index contributed by atoms with van der Waals surface area (Å²) in [7, 11) is 0. The molecular weight excluding hydrogens is 224 g/mol. The van der Waals surface area contributed by atoms with E-state index in [0.29, 0.717) is 5.95 Å². The fraction of sp³-hybridized carbons (Fsp3) is 0. The minimum absolute atomic E-state index is 0.502. The molecule has 0 bridgehead atoms. The third-order valence-electron chi connectivity index (χ3n) is 2.67. The number of hydrogen-bond acceptors (Lipinski definition) is 2. The number of benzene rings is 2. The molecule has 0 unspecified atom stereocenters. The Balaban J connectivity index is 1.81. The van der Waals surface area contributed by atoms with Crippen LogP contribution in [0.4, 0.5) is 0 Å². The van der Waals surface area contributed by atoms with Crippen molar-refractivity contribution in [3.63, 3.8) is 0 Å². The van der Waals surface area contributed by atoms with E-state index in [1.165, 1.54) is 11.1 Å². The van der Waals surface area contributed by atoms with Crippen molar-refractivity contribution in [1.82, 2.24) is 0 Å². The standard InChI is InChI=1S/C16H12O2/c1-2-5-13(6-3-1)14-8-10-15(11-9-14)18-16-7-4-12-17-16/h1-12H. The van der Waals surface area contributed by atoms with E-state index in [0.717, 1.165) is 5.75 Å². The number of furan rings is 1. The van der Waals surface area contributed by atoms with Crippen molar-refractivity contribution in [3.05, 3.63) is 73.0 Å². The van der Waals surface area contributed by atoms with Crippen LogP contribution in [0.25, 0.3) is 11.1 Å². The van der Waals surface area contributed by atoms with E-state index in [2.05, 4.69) is 12.1 Å². The quantitative estimate of drug-likeness (QED) is 0.655. The molecule has 0 spiro atoms. The Morgan fingerprint density at radius 2 is 1.39 bits per heavy atom. The van der Waals surface area contributed by atoms with Gasteiger partial charge in [0.25, 0.3) is 5.95 Å². The van der Waals surface area contributed by atoms with Crippen molar-refractivity contribution < 1.29 is 9.15 Å². The van der Waals surface area contributed by atoms with Crippen LogP contribution in [0, 0.1) is 0 Å². The van der Waals surface area contributed by atoms with Gasteiger partial charge in [-0.05, 0) is 29.3 Å². The first-order chi connectivity index (χ1) is 8.92. The minimum Gasteiger partial charge on any atom is -0.434 e. The van der Waals surface area contributed by atoms with E-state index in [9.17, 15) is 0 Å². The van der Waals surface area contributed by atoms with Gasteiger partial charge in [-0.25, -0.2) is 0 Å². The van der Waals surface area contributed by atoms with Crippen LogP contribution in [0.3, 0.4) is 0 Å². The first-order valence-corrected chi connectivity index (χ1v) is 5.79. The first-order valence-electron chi connectivity index (χ1n) is 5.79. The van der Waals surface area contributed by atoms with E-state index >= 15 is 0 Å². The van der Waals surface area contributed by atoms with Crippen LogP contribution in [-0.2, 0) is 0 Å². The Kier molecular flexibility index (Phi) is 2.84. The molecule has 0 fully saturated rings. The predicted molar refractivity (Wildman–Crippen MR) is 70.7 cm³/mol. The maximum absolute atomic E-state index is 5.54. The zero-order valence-electron chi connectivity index (χ0n) is 9.74. The maximum atomic E-state index is 5.54. The van der Waals surface area contributed by atoms with Gasteiger partial charge in [0.15, 0.2) is 0 Å². The second-order valence-electron chi connectivity index (χ2n) is 3.92. The fourth-order valence-electron chi connectivity index (χ4n) is 1.78. The molecule has 0 aliphatic rings. The summed E-state index contributed by atoms with van der Waals surface area (Å²) in [4.78, 5) is 0. The smallest absolute Gasteiger partial charge is 0.289 e. The Morgan fingerprint density at radius 1 is 0.667 bits per heavy atom. The maximum Gasteiger partial charge on any atom is 0.289 e. The van der Waals surface area contributed by atoms with Crippen LogP contribution >= 0.6 is 0 Å². The van der Waals surface area contributed by atoms with Gasteiger partial charge in [-0.2, -0.15) is 0 Å². The zero-order valence-corrected chi connectivity index (χ0v) is 9.74. The molecule has 0 aliphatic heterocycles. The van der Waals surface area contributed by atoms with Gasteiger partial charge in [-0.3, -0.25) is 0 Å². The molecule has 18 heavy (non-hydrogen) atoms. The van der Waals surface area contributed by atoms with Crippen molar-refractivity contribution in [2.24, 2.45) is 0 Å². The molecule has 88 valence electrons. The van der Waals surface area contributed by atoms with Gasteiger partial charge in [-0.1, -0.05) is 42.5 Å². The zero-order chi connectivity index (χ0) is 12.2. The lowest BCUT2D eigenvalue weighted by Gasteiger charge is -2.04. The van der Waals surface area contributed by atoms with Crippen LogP contribution in [-0.4, -0.2) is 0 Å². The number of rotatable bonds is 3. The summed E-state index contributed by atoms with van der Waals surface area (Å²) in [6, 6.07) is 21.8. The third-order valence-corrected chi connectivity index (χ3v) is 2.67. The molecule has 3 aromatic rings. The van der Waals surface area contributed by atoms with Gasteiger partial charge in [0, 0.05) is 6.07 Å². The highest BCUT2D eigenvalue weighted by Gasteiger charge is 2.00. The summed E-state index contributed by atoms with van der Waals surface area (Å²) < 4.78 is 10.7. The van der Waals surface area contributed by atoms with Gasteiger partial charge in [-0.15, -0.1) is 0 Å². The van der Waals surface area contributed by atoms with Crippen LogP contribution in [0.1, 0.15) is 0 Å². The average Bonchev–Trinajstić information content (AvgIpc) is 2.94. The molecule has 1 heterocycles. The van der Waals surface area contributed by atoms with Crippen molar-refractivity contribution in [2.75, 3.05) is 0 Å². The number of hydrogen-bond donors (Lipinski definition) is 0. The molecular formula is C16H12O2. The SMILES string of the molecule is c1ccc(-c2ccc(Oc3ccco3)cc2)cc1. The normalized spacial score (nSPS) is 10.2. The minimum atomic E-state index is 0.502. The van der Waals surface area contributed by atoms with Crippen molar-refractivity contribution in [2.45, 2.75) is 0 Å². The van der Waals surface area contributed by atoms with Crippen molar-refractivity contribution in [1.29, 1.82) is 0 Å². The van der Waals surface area contributed by atoms with Crippen molar-refractivity contribution >= 4 is 0 Å². The van der Waals surface area contributed by atoms with E-state index in [-0.39, 0.29) is 0 Å². The molecule has 0 amide bonds. The molecule has 2 heteroatoms. The summed E-state index contributed by atoms with van der Waals surface area (Å²) in [5, 5.41) is 0. The summed E-state index contributed by atoms with van der Waals surface area (Å²) >= 11 is 0. The first kappa shape index (κ1) is 10.7. The lowest BCUT2D eigenvalue weighted by atomic mass is 10.1. The van der Waals surface area contributed by atoms with Gasteiger partial charge in [0.05, 0.1) is 6.26 Å². The van der Waals surface area contributed by atoms with Gasteiger partial charge in [0.2, 0.25) is 0 Å². The Morgan fingerprint density at radius 3 is 2.06 bits per heavy atom. The Bertz CT molecular complexity index is 595. The van der Waals surface area contributed by atoms with E-state index in [1.54, 1.807) is 18.4 Å². The molecule has 0 radical (unpaired) electrons. The van der Waals surface area contributed by atoms with E-state index in [1.807, 2.05) is 42.5 Å².